The highest BCUT2D eigenvalue weighted by Crippen LogP contribution is 2.33. The van der Waals surface area contributed by atoms with E-state index in [-0.39, 0.29) is 23.1 Å². The molecule has 1 atom stereocenters. The van der Waals surface area contributed by atoms with Gasteiger partial charge in [0.15, 0.2) is 5.60 Å². The van der Waals surface area contributed by atoms with Crippen molar-refractivity contribution in [2.24, 2.45) is 10.1 Å². The molecule has 0 aliphatic carbocycles. The Kier molecular flexibility index (Phi) is 6.88. The SMILES string of the molecule is O=C(O)CN=C(NS(=O)(=O)c1ccc(Cl)cc1)N1CC(O)(c2ccccc2)C(c2ccccc2)=N1. The summed E-state index contributed by atoms with van der Waals surface area (Å²) in [5.41, 5.74) is -0.223. The van der Waals surface area contributed by atoms with Gasteiger partial charge in [-0.25, -0.2) is 23.1 Å². The van der Waals surface area contributed by atoms with Crippen molar-refractivity contribution in [1.82, 2.24) is 9.73 Å². The number of carboxylic acid groups (broad SMARTS) is 1. The third kappa shape index (κ3) is 5.35. The van der Waals surface area contributed by atoms with Crippen molar-refractivity contribution in [1.29, 1.82) is 0 Å². The van der Waals surface area contributed by atoms with E-state index in [9.17, 15) is 18.3 Å². The summed E-state index contributed by atoms with van der Waals surface area (Å²) in [6, 6.07) is 23.2. The summed E-state index contributed by atoms with van der Waals surface area (Å²) in [5, 5.41) is 26.9. The van der Waals surface area contributed by atoms with E-state index in [0.29, 0.717) is 16.1 Å². The van der Waals surface area contributed by atoms with Gasteiger partial charge in [0.25, 0.3) is 10.0 Å². The van der Waals surface area contributed by atoms with Crippen LogP contribution < -0.4 is 4.72 Å². The quantitative estimate of drug-likeness (QED) is 0.343. The largest absolute Gasteiger partial charge is 0.480 e. The fourth-order valence-electron chi connectivity index (χ4n) is 3.59. The van der Waals surface area contributed by atoms with Gasteiger partial charge in [-0.15, -0.1) is 0 Å². The molecule has 0 amide bonds. The Hall–Kier alpha value is -3.73. The molecule has 9 nitrogen and oxygen atoms in total. The van der Waals surface area contributed by atoms with E-state index in [1.165, 1.54) is 24.3 Å². The number of aliphatic hydroxyl groups is 1. The molecular formula is C24H21ClN4O5S. The monoisotopic (exact) mass is 512 g/mol. The Balaban J connectivity index is 1.77. The maximum Gasteiger partial charge on any atom is 0.325 e. The number of sulfonamides is 1. The van der Waals surface area contributed by atoms with Gasteiger partial charge in [-0.1, -0.05) is 72.3 Å². The molecule has 1 aliphatic heterocycles. The van der Waals surface area contributed by atoms with Crippen LogP contribution in [0, 0.1) is 0 Å². The van der Waals surface area contributed by atoms with Gasteiger partial charge in [0, 0.05) is 10.6 Å². The Morgan fingerprint density at radius 1 is 1.03 bits per heavy atom. The zero-order valence-corrected chi connectivity index (χ0v) is 19.8. The predicted octanol–water partition coefficient (Wildman–Crippen LogP) is 2.67. The first kappa shape index (κ1) is 24.4. The van der Waals surface area contributed by atoms with Crippen LogP contribution in [0.4, 0.5) is 0 Å². The summed E-state index contributed by atoms with van der Waals surface area (Å²) in [4.78, 5) is 15.1. The lowest BCUT2D eigenvalue weighted by Gasteiger charge is -2.26. The van der Waals surface area contributed by atoms with E-state index in [1.807, 2.05) is 6.07 Å². The van der Waals surface area contributed by atoms with Crippen molar-refractivity contribution in [3.05, 3.63) is 101 Å². The van der Waals surface area contributed by atoms with Crippen molar-refractivity contribution in [2.45, 2.75) is 10.5 Å². The molecule has 35 heavy (non-hydrogen) atoms. The third-order valence-electron chi connectivity index (χ3n) is 5.25. The van der Waals surface area contributed by atoms with E-state index >= 15 is 0 Å². The number of benzene rings is 3. The molecule has 3 aromatic carbocycles. The maximum atomic E-state index is 13.0. The molecule has 0 aromatic heterocycles. The number of hydrogen-bond donors (Lipinski definition) is 3. The number of nitrogens with one attached hydrogen (secondary N) is 1. The topological polar surface area (TPSA) is 132 Å². The molecule has 0 spiro atoms. The van der Waals surface area contributed by atoms with Gasteiger partial charge < -0.3 is 10.2 Å². The lowest BCUT2D eigenvalue weighted by atomic mass is 9.86. The number of carboxylic acids is 1. The molecule has 3 N–H and O–H groups in total. The van der Waals surface area contributed by atoms with Crippen LogP contribution in [0.1, 0.15) is 11.1 Å². The van der Waals surface area contributed by atoms with Crippen LogP contribution in [0.5, 0.6) is 0 Å². The molecule has 0 bridgehead atoms. The van der Waals surface area contributed by atoms with E-state index < -0.39 is 28.1 Å². The number of hydrazone groups is 1. The average Bonchev–Trinajstić information content (AvgIpc) is 3.21. The van der Waals surface area contributed by atoms with Crippen LogP contribution in [0.15, 0.2) is 99.9 Å². The second kappa shape index (κ2) is 9.87. The lowest BCUT2D eigenvalue weighted by molar-refractivity contribution is -0.135. The Bertz CT molecular complexity index is 1380. The number of rotatable bonds is 6. The lowest BCUT2D eigenvalue weighted by Crippen LogP contribution is -2.45. The summed E-state index contributed by atoms with van der Waals surface area (Å²) < 4.78 is 28.3. The highest BCUT2D eigenvalue weighted by atomic mass is 35.5. The zero-order valence-electron chi connectivity index (χ0n) is 18.2. The minimum absolute atomic E-state index is 0.102. The average molecular weight is 513 g/mol. The molecular weight excluding hydrogens is 492 g/mol. The van der Waals surface area contributed by atoms with E-state index in [0.717, 1.165) is 5.01 Å². The third-order valence-corrected chi connectivity index (χ3v) is 6.84. The molecule has 0 saturated carbocycles. The molecule has 3 aromatic rings. The first-order valence-corrected chi connectivity index (χ1v) is 12.3. The first-order valence-electron chi connectivity index (χ1n) is 10.4. The minimum atomic E-state index is -4.17. The molecule has 180 valence electrons. The van der Waals surface area contributed by atoms with Crippen LogP contribution in [0.2, 0.25) is 5.02 Å². The summed E-state index contributed by atoms with van der Waals surface area (Å²) in [5.74, 6) is -1.61. The summed E-state index contributed by atoms with van der Waals surface area (Å²) in [6.07, 6.45) is 0. The second-order valence-electron chi connectivity index (χ2n) is 7.69. The van der Waals surface area contributed by atoms with Crippen LogP contribution in [0.25, 0.3) is 0 Å². The number of aliphatic carboxylic acids is 1. The first-order chi connectivity index (χ1) is 16.7. The standard InChI is InChI=1S/C24H21ClN4O5S/c25-19-11-13-20(14-12-19)35(33,34)28-23(26-15-21(30)31)29-16-24(32,18-9-5-2-6-10-18)22(27-29)17-7-3-1-4-8-17/h1-14,32H,15-16H2,(H,26,28)(H,30,31). The zero-order chi connectivity index (χ0) is 25.1. The molecule has 0 saturated heterocycles. The van der Waals surface area contributed by atoms with Gasteiger partial charge in [-0.2, -0.15) is 5.10 Å². The summed E-state index contributed by atoms with van der Waals surface area (Å²) in [6.45, 7) is -0.919. The van der Waals surface area contributed by atoms with Crippen molar-refractivity contribution in [3.8, 4) is 0 Å². The van der Waals surface area contributed by atoms with Crippen LogP contribution in [0.3, 0.4) is 0 Å². The molecule has 1 heterocycles. The number of guanidine groups is 1. The normalized spacial score (nSPS) is 18.3. The van der Waals surface area contributed by atoms with Gasteiger partial charge in [-0.05, 0) is 29.8 Å². The molecule has 11 heteroatoms. The second-order valence-corrected chi connectivity index (χ2v) is 9.81. The van der Waals surface area contributed by atoms with Crippen LogP contribution in [-0.4, -0.2) is 54.4 Å². The summed E-state index contributed by atoms with van der Waals surface area (Å²) >= 11 is 5.86. The molecule has 1 aliphatic rings. The summed E-state index contributed by atoms with van der Waals surface area (Å²) in [7, 11) is -4.17. The molecule has 4 rings (SSSR count). The fourth-order valence-corrected chi connectivity index (χ4v) is 4.74. The maximum absolute atomic E-state index is 13.0. The molecule has 0 radical (unpaired) electrons. The Morgan fingerprint density at radius 3 is 2.23 bits per heavy atom. The molecule has 0 fully saturated rings. The van der Waals surface area contributed by atoms with Gasteiger partial charge in [-0.3, -0.25) is 4.79 Å². The van der Waals surface area contributed by atoms with Crippen LogP contribution in [-0.2, 0) is 20.4 Å². The minimum Gasteiger partial charge on any atom is -0.480 e. The van der Waals surface area contributed by atoms with Gasteiger partial charge in [0.1, 0.15) is 12.3 Å². The van der Waals surface area contributed by atoms with Crippen molar-refractivity contribution < 1.29 is 23.4 Å². The smallest absolute Gasteiger partial charge is 0.325 e. The van der Waals surface area contributed by atoms with Gasteiger partial charge >= 0.3 is 5.97 Å². The van der Waals surface area contributed by atoms with Crippen molar-refractivity contribution in [2.75, 3.05) is 13.1 Å². The van der Waals surface area contributed by atoms with Gasteiger partial charge in [0.2, 0.25) is 5.96 Å². The van der Waals surface area contributed by atoms with Gasteiger partial charge in [0.05, 0.1) is 11.4 Å². The Labute approximate surface area is 207 Å². The fraction of sp³-hybridized carbons (Fsp3) is 0.125. The number of β-amino-alcohol motifs (C(OH)–C–C–N with tert-alkyl or cyclic N) is 1. The van der Waals surface area contributed by atoms with E-state index in [2.05, 4.69) is 14.8 Å². The van der Waals surface area contributed by atoms with Crippen molar-refractivity contribution >= 4 is 39.3 Å². The highest BCUT2D eigenvalue weighted by molar-refractivity contribution is 7.90. The molecule has 1 unspecified atom stereocenters. The predicted molar refractivity (Wildman–Crippen MR) is 132 cm³/mol. The number of nitrogens with zero attached hydrogens (tertiary/aromatic N) is 3. The number of halogens is 1. The van der Waals surface area contributed by atoms with E-state index in [1.54, 1.807) is 54.6 Å². The number of carbonyl (C=O) groups is 1. The van der Waals surface area contributed by atoms with Crippen molar-refractivity contribution in [3.63, 3.8) is 0 Å². The highest BCUT2D eigenvalue weighted by Gasteiger charge is 2.45. The van der Waals surface area contributed by atoms with E-state index in [4.69, 9.17) is 16.7 Å². The number of hydrogen-bond acceptors (Lipinski definition) is 6. The number of aliphatic imine (C=N–C) groups is 1. The van der Waals surface area contributed by atoms with Crippen LogP contribution >= 0.6 is 11.6 Å². The Morgan fingerprint density at radius 2 is 1.63 bits per heavy atom.